The zero-order valence-electron chi connectivity index (χ0n) is 18.5. The normalized spacial score (nSPS) is 12.8. The van der Waals surface area contributed by atoms with Crippen molar-refractivity contribution in [3.05, 3.63) is 34.3 Å². The minimum absolute atomic E-state index is 0.0935. The van der Waals surface area contributed by atoms with E-state index in [1.54, 1.807) is 43.7 Å². The number of ether oxygens (including phenoxy) is 1. The number of fused-ring (bicyclic) bond motifs is 1. The number of benzene rings is 1. The van der Waals surface area contributed by atoms with Gasteiger partial charge in [-0.1, -0.05) is 15.9 Å². The van der Waals surface area contributed by atoms with Crippen molar-refractivity contribution < 1.29 is 19.1 Å². The number of carbonyl (C=O) groups is 3. The van der Waals surface area contributed by atoms with Crippen LogP contribution in [0.25, 0.3) is 0 Å². The molecule has 0 bridgehead atoms. The molecule has 0 unspecified atom stereocenters. The third-order valence-electron chi connectivity index (χ3n) is 4.53. The monoisotopic (exact) mass is 506 g/mol. The molecule has 3 rings (SSSR count). The number of esters is 1. The lowest BCUT2D eigenvalue weighted by atomic mass is 10.1. The molecule has 0 aliphatic carbocycles. The summed E-state index contributed by atoms with van der Waals surface area (Å²) in [6.45, 7) is 6.91. The Morgan fingerprint density at radius 1 is 1.16 bits per heavy atom. The number of amides is 3. The number of halogens is 1. The molecule has 3 amide bonds. The Hall–Kier alpha value is -3.08. The molecule has 0 fully saturated rings. The summed E-state index contributed by atoms with van der Waals surface area (Å²) in [4.78, 5) is 38.1. The highest BCUT2D eigenvalue weighted by Crippen LogP contribution is 2.34. The van der Waals surface area contributed by atoms with Crippen LogP contribution in [-0.4, -0.2) is 53.4 Å². The van der Waals surface area contributed by atoms with Crippen LogP contribution in [0.4, 0.5) is 22.1 Å². The molecule has 2 heterocycles. The minimum atomic E-state index is -0.557. The largest absolute Gasteiger partial charge is 0.460 e. The highest BCUT2D eigenvalue weighted by molar-refractivity contribution is 9.10. The molecule has 1 aromatic heterocycles. The van der Waals surface area contributed by atoms with Gasteiger partial charge in [0.1, 0.15) is 11.4 Å². The van der Waals surface area contributed by atoms with Gasteiger partial charge in [0.05, 0.1) is 13.0 Å². The highest BCUT2D eigenvalue weighted by Gasteiger charge is 2.24. The van der Waals surface area contributed by atoms with Crippen molar-refractivity contribution in [2.75, 3.05) is 30.4 Å². The van der Waals surface area contributed by atoms with Crippen LogP contribution in [0.1, 0.15) is 37.6 Å². The predicted molar refractivity (Wildman–Crippen MR) is 124 cm³/mol. The van der Waals surface area contributed by atoms with Gasteiger partial charge >= 0.3 is 12.0 Å². The average Bonchev–Trinajstić information content (AvgIpc) is 3.25. The zero-order valence-corrected chi connectivity index (χ0v) is 20.1. The predicted octanol–water partition coefficient (Wildman–Crippen LogP) is 3.01. The van der Waals surface area contributed by atoms with Crippen molar-refractivity contribution >= 4 is 51.2 Å². The second-order valence-electron chi connectivity index (χ2n) is 8.26. The fourth-order valence-electron chi connectivity index (χ4n) is 3.23. The van der Waals surface area contributed by atoms with Crippen LogP contribution in [0.5, 0.6) is 0 Å². The molecule has 3 N–H and O–H groups in total. The van der Waals surface area contributed by atoms with Crippen LogP contribution in [0.15, 0.2) is 28.7 Å². The van der Waals surface area contributed by atoms with Crippen molar-refractivity contribution in [3.8, 4) is 0 Å². The van der Waals surface area contributed by atoms with Gasteiger partial charge in [-0.3, -0.25) is 14.9 Å². The Bertz CT molecular complexity index is 1030. The van der Waals surface area contributed by atoms with Crippen molar-refractivity contribution in [2.24, 2.45) is 0 Å². The number of hydrogen-bond donors (Lipinski definition) is 3. The number of hydrogen-bond acceptors (Lipinski definition) is 6. The second kappa shape index (κ2) is 9.60. The van der Waals surface area contributed by atoms with Gasteiger partial charge < -0.3 is 20.3 Å². The summed E-state index contributed by atoms with van der Waals surface area (Å²) in [5.41, 5.74) is 0.709. The Balaban J connectivity index is 1.68. The van der Waals surface area contributed by atoms with Crippen molar-refractivity contribution in [2.45, 2.75) is 39.3 Å². The van der Waals surface area contributed by atoms with Crippen LogP contribution < -0.4 is 20.9 Å². The van der Waals surface area contributed by atoms with Crippen molar-refractivity contribution in [1.29, 1.82) is 0 Å². The summed E-state index contributed by atoms with van der Waals surface area (Å²) in [7, 11) is 1.53. The van der Waals surface area contributed by atoms with E-state index in [-0.39, 0.29) is 30.9 Å². The van der Waals surface area contributed by atoms with Gasteiger partial charge in [-0.25, -0.2) is 9.48 Å². The molecule has 11 heteroatoms. The fraction of sp³-hybridized carbons (Fsp3) is 0.429. The van der Waals surface area contributed by atoms with Crippen LogP contribution in [0, 0.1) is 0 Å². The lowest BCUT2D eigenvalue weighted by Gasteiger charge is -2.20. The third kappa shape index (κ3) is 6.00. The summed E-state index contributed by atoms with van der Waals surface area (Å²) in [6, 6.07) is 6.84. The summed E-state index contributed by atoms with van der Waals surface area (Å²) in [6.07, 6.45) is 0.0935. The first-order valence-corrected chi connectivity index (χ1v) is 11.0. The van der Waals surface area contributed by atoms with Gasteiger partial charge in [0.25, 0.3) is 5.91 Å². The maximum absolute atomic E-state index is 12.7. The lowest BCUT2D eigenvalue weighted by molar-refractivity contribution is -0.154. The second-order valence-corrected chi connectivity index (χ2v) is 9.17. The van der Waals surface area contributed by atoms with E-state index in [1.807, 2.05) is 11.0 Å². The Labute approximate surface area is 194 Å². The molecule has 0 spiro atoms. The number of nitrogens with zero attached hydrogens (tertiary/aromatic N) is 3. The zero-order chi connectivity index (χ0) is 23.5. The maximum atomic E-state index is 12.7. The summed E-state index contributed by atoms with van der Waals surface area (Å²) < 4.78 is 7.80. The summed E-state index contributed by atoms with van der Waals surface area (Å²) in [5, 5.41) is 12.3. The molecule has 32 heavy (non-hydrogen) atoms. The molecule has 0 radical (unpaired) electrons. The van der Waals surface area contributed by atoms with Crippen LogP contribution in [0.3, 0.4) is 0 Å². The number of aromatic nitrogens is 2. The average molecular weight is 507 g/mol. The summed E-state index contributed by atoms with van der Waals surface area (Å²) in [5.74, 6) is 0.606. The first kappa shape index (κ1) is 23.6. The molecule has 0 saturated heterocycles. The SMILES string of the molecule is CNC(=O)Nc1cc2n(n1)CCN2c1cc(Br)cc(C(=O)NCCC(=O)OC(C)(C)C)c1. The molecule has 1 aliphatic rings. The smallest absolute Gasteiger partial charge is 0.320 e. The number of nitrogens with one attached hydrogen (secondary N) is 3. The molecule has 2 aromatic rings. The molecular formula is C21H27BrN6O4. The quantitative estimate of drug-likeness (QED) is 0.518. The Kier molecular flexibility index (Phi) is 7.07. The number of anilines is 3. The van der Waals surface area contributed by atoms with Gasteiger partial charge in [0.15, 0.2) is 5.82 Å². The fourth-order valence-corrected chi connectivity index (χ4v) is 3.71. The van der Waals surface area contributed by atoms with E-state index in [9.17, 15) is 14.4 Å². The van der Waals surface area contributed by atoms with E-state index in [2.05, 4.69) is 37.0 Å². The topological polar surface area (TPSA) is 118 Å². The van der Waals surface area contributed by atoms with E-state index in [0.29, 0.717) is 24.5 Å². The van der Waals surface area contributed by atoms with Gasteiger partial charge in [0, 0.05) is 41.9 Å². The Morgan fingerprint density at radius 3 is 2.59 bits per heavy atom. The van der Waals surface area contributed by atoms with Gasteiger partial charge in [-0.15, -0.1) is 0 Å². The van der Waals surface area contributed by atoms with Crippen LogP contribution in [0.2, 0.25) is 0 Å². The van der Waals surface area contributed by atoms with E-state index in [0.717, 1.165) is 16.0 Å². The van der Waals surface area contributed by atoms with Gasteiger partial charge in [0.2, 0.25) is 0 Å². The molecule has 1 aliphatic heterocycles. The number of carbonyl (C=O) groups excluding carboxylic acids is 3. The molecular weight excluding hydrogens is 480 g/mol. The van der Waals surface area contributed by atoms with Crippen LogP contribution in [-0.2, 0) is 16.1 Å². The third-order valence-corrected chi connectivity index (χ3v) is 4.99. The standard InChI is InChI=1S/C21H27BrN6O4/c1-21(2,3)32-18(29)5-6-24-19(30)13-9-14(22)11-15(10-13)27-7-8-28-17(27)12-16(26-28)25-20(31)23-4/h9-12H,5-8H2,1-4H3,(H,24,30)(H2,23,25,26,31). The van der Waals surface area contributed by atoms with Crippen LogP contribution >= 0.6 is 15.9 Å². The van der Waals surface area contributed by atoms with Crippen molar-refractivity contribution in [1.82, 2.24) is 20.4 Å². The molecule has 172 valence electrons. The van der Waals surface area contributed by atoms with E-state index >= 15 is 0 Å². The van der Waals surface area contributed by atoms with E-state index < -0.39 is 5.60 Å². The first-order chi connectivity index (χ1) is 15.1. The molecule has 0 saturated carbocycles. The van der Waals surface area contributed by atoms with Gasteiger partial charge in [-0.2, -0.15) is 5.10 Å². The molecule has 1 aromatic carbocycles. The molecule has 10 nitrogen and oxygen atoms in total. The maximum Gasteiger partial charge on any atom is 0.320 e. The first-order valence-electron chi connectivity index (χ1n) is 10.2. The highest BCUT2D eigenvalue weighted by atomic mass is 79.9. The van der Waals surface area contributed by atoms with Crippen molar-refractivity contribution in [3.63, 3.8) is 0 Å². The minimum Gasteiger partial charge on any atom is -0.460 e. The number of rotatable bonds is 6. The lowest BCUT2D eigenvalue weighted by Crippen LogP contribution is -2.29. The van der Waals surface area contributed by atoms with Gasteiger partial charge in [-0.05, 0) is 39.0 Å². The van der Waals surface area contributed by atoms with E-state index in [1.165, 1.54) is 7.05 Å². The number of urea groups is 1. The summed E-state index contributed by atoms with van der Waals surface area (Å²) >= 11 is 3.47. The molecule has 0 atom stereocenters. The van der Waals surface area contributed by atoms with E-state index in [4.69, 9.17) is 4.74 Å². The Morgan fingerprint density at radius 2 is 1.91 bits per heavy atom.